The monoisotopic (exact) mass is 429 g/mol. The maximum atomic E-state index is 12.9. The van der Waals surface area contributed by atoms with E-state index in [1.54, 1.807) is 42.5 Å². The number of carbonyl (C=O) groups is 2. The van der Waals surface area contributed by atoms with Crippen molar-refractivity contribution in [3.05, 3.63) is 99.3 Å². The largest absolute Gasteiger partial charge is 0.322 e. The molecule has 0 bridgehead atoms. The maximum Gasteiger partial charge on any atom is 0.271 e. The molecule has 0 aliphatic heterocycles. The number of benzene rings is 3. The first-order chi connectivity index (χ1) is 13.9. The quantitative estimate of drug-likeness (QED) is 0.434. The van der Waals surface area contributed by atoms with Crippen LogP contribution in [0.4, 0.5) is 10.1 Å². The van der Waals surface area contributed by atoms with Crippen molar-refractivity contribution in [1.29, 1.82) is 0 Å². The van der Waals surface area contributed by atoms with E-state index in [9.17, 15) is 14.0 Å². The van der Waals surface area contributed by atoms with E-state index in [0.717, 1.165) is 0 Å². The summed E-state index contributed by atoms with van der Waals surface area (Å²) in [5, 5.41) is 7.46. The molecule has 0 aromatic heterocycles. The second-order valence-electron chi connectivity index (χ2n) is 5.90. The van der Waals surface area contributed by atoms with Gasteiger partial charge in [0.15, 0.2) is 0 Å². The van der Waals surface area contributed by atoms with Gasteiger partial charge in [0.05, 0.1) is 11.2 Å². The molecule has 3 rings (SSSR count). The van der Waals surface area contributed by atoms with E-state index >= 15 is 0 Å². The lowest BCUT2D eigenvalue weighted by molar-refractivity contribution is 0.0954. The zero-order valence-electron chi connectivity index (χ0n) is 14.8. The first-order valence-electron chi connectivity index (χ1n) is 8.38. The summed E-state index contributed by atoms with van der Waals surface area (Å²) in [7, 11) is 0. The molecule has 0 spiro atoms. The van der Waals surface area contributed by atoms with Crippen LogP contribution in [0.2, 0.25) is 10.0 Å². The summed E-state index contributed by atoms with van der Waals surface area (Å²) in [4.78, 5) is 24.3. The molecular formula is C21H14Cl2FN3O2. The minimum atomic E-state index is -0.428. The molecule has 146 valence electrons. The van der Waals surface area contributed by atoms with Crippen molar-refractivity contribution in [2.24, 2.45) is 5.10 Å². The van der Waals surface area contributed by atoms with Crippen LogP contribution >= 0.6 is 23.2 Å². The van der Waals surface area contributed by atoms with E-state index in [1.807, 2.05) is 0 Å². The van der Waals surface area contributed by atoms with Gasteiger partial charge in [0, 0.05) is 27.4 Å². The fourth-order valence-corrected chi connectivity index (χ4v) is 2.80. The van der Waals surface area contributed by atoms with Crippen molar-refractivity contribution >= 4 is 46.9 Å². The minimum absolute atomic E-state index is 0.323. The van der Waals surface area contributed by atoms with Crippen LogP contribution in [-0.2, 0) is 0 Å². The Balaban J connectivity index is 1.59. The Morgan fingerprint density at radius 2 is 1.48 bits per heavy atom. The number of halogens is 3. The SMILES string of the molecule is O=C(NN=Cc1ccc(Cl)cc1Cl)c1ccc(NC(=O)c2ccc(F)cc2)cc1. The van der Waals surface area contributed by atoms with Gasteiger partial charge < -0.3 is 5.32 Å². The van der Waals surface area contributed by atoms with Gasteiger partial charge in [-0.15, -0.1) is 0 Å². The molecule has 0 heterocycles. The highest BCUT2D eigenvalue weighted by molar-refractivity contribution is 6.36. The highest BCUT2D eigenvalue weighted by Crippen LogP contribution is 2.19. The van der Waals surface area contributed by atoms with Gasteiger partial charge in [-0.3, -0.25) is 9.59 Å². The molecule has 0 fully saturated rings. The molecule has 2 N–H and O–H groups in total. The smallest absolute Gasteiger partial charge is 0.271 e. The maximum absolute atomic E-state index is 12.9. The van der Waals surface area contributed by atoms with Crippen LogP contribution in [0.5, 0.6) is 0 Å². The highest BCUT2D eigenvalue weighted by Gasteiger charge is 2.08. The van der Waals surface area contributed by atoms with Gasteiger partial charge in [-0.2, -0.15) is 5.10 Å². The Hall–Kier alpha value is -3.22. The Morgan fingerprint density at radius 1 is 0.862 bits per heavy atom. The summed E-state index contributed by atoms with van der Waals surface area (Å²) in [5.74, 6) is -1.23. The van der Waals surface area contributed by atoms with Gasteiger partial charge in [0.2, 0.25) is 0 Å². The van der Waals surface area contributed by atoms with Crippen molar-refractivity contribution in [2.45, 2.75) is 0 Å². The average Bonchev–Trinajstić information content (AvgIpc) is 2.70. The molecule has 0 aliphatic rings. The summed E-state index contributed by atoms with van der Waals surface area (Å²) >= 11 is 11.9. The van der Waals surface area contributed by atoms with Crippen molar-refractivity contribution < 1.29 is 14.0 Å². The Labute approximate surface area is 176 Å². The summed E-state index contributed by atoms with van der Waals surface area (Å²) in [5.41, 5.74) is 4.17. The molecule has 0 aliphatic carbocycles. The average molecular weight is 430 g/mol. The number of carbonyl (C=O) groups excluding carboxylic acids is 2. The van der Waals surface area contributed by atoms with Gasteiger partial charge in [-0.1, -0.05) is 29.3 Å². The van der Waals surface area contributed by atoms with E-state index in [4.69, 9.17) is 23.2 Å². The zero-order valence-corrected chi connectivity index (χ0v) is 16.3. The normalized spacial score (nSPS) is 10.7. The number of nitrogens with one attached hydrogen (secondary N) is 2. The first kappa shape index (κ1) is 20.5. The number of amides is 2. The van der Waals surface area contributed by atoms with Crippen LogP contribution in [0.15, 0.2) is 71.8 Å². The van der Waals surface area contributed by atoms with Gasteiger partial charge in [-0.05, 0) is 60.7 Å². The first-order valence-corrected chi connectivity index (χ1v) is 9.13. The second kappa shape index (κ2) is 9.32. The van der Waals surface area contributed by atoms with Gasteiger partial charge >= 0.3 is 0 Å². The van der Waals surface area contributed by atoms with Gasteiger partial charge in [0.25, 0.3) is 11.8 Å². The molecule has 0 unspecified atom stereocenters. The molecule has 0 saturated heterocycles. The lowest BCUT2D eigenvalue weighted by atomic mass is 10.1. The lowest BCUT2D eigenvalue weighted by Gasteiger charge is -2.06. The summed E-state index contributed by atoms with van der Waals surface area (Å²) in [6.45, 7) is 0. The number of hydrogen-bond acceptors (Lipinski definition) is 3. The van der Waals surface area contributed by atoms with Crippen LogP contribution < -0.4 is 10.7 Å². The third-order valence-electron chi connectivity index (χ3n) is 3.84. The number of nitrogens with zero attached hydrogens (tertiary/aromatic N) is 1. The van der Waals surface area contributed by atoms with E-state index in [0.29, 0.717) is 32.4 Å². The van der Waals surface area contributed by atoms with Crippen LogP contribution in [0, 0.1) is 5.82 Å². The number of rotatable bonds is 5. The van der Waals surface area contributed by atoms with Gasteiger partial charge in [-0.25, -0.2) is 9.82 Å². The van der Waals surface area contributed by atoms with Crippen LogP contribution in [0.25, 0.3) is 0 Å². The van der Waals surface area contributed by atoms with Crippen LogP contribution in [-0.4, -0.2) is 18.0 Å². The predicted octanol–water partition coefficient (Wildman–Crippen LogP) is 5.15. The lowest BCUT2D eigenvalue weighted by Crippen LogP contribution is -2.18. The van der Waals surface area contributed by atoms with E-state index < -0.39 is 11.7 Å². The van der Waals surface area contributed by atoms with Crippen LogP contribution in [0.1, 0.15) is 26.3 Å². The molecule has 5 nitrogen and oxygen atoms in total. The molecule has 0 atom stereocenters. The van der Waals surface area contributed by atoms with Gasteiger partial charge in [0.1, 0.15) is 5.82 Å². The zero-order chi connectivity index (χ0) is 20.8. The Bertz CT molecular complexity index is 1070. The number of anilines is 1. The second-order valence-corrected chi connectivity index (χ2v) is 6.75. The van der Waals surface area contributed by atoms with Crippen molar-refractivity contribution in [2.75, 3.05) is 5.32 Å². The molecular weight excluding hydrogens is 416 g/mol. The molecule has 29 heavy (non-hydrogen) atoms. The Kier molecular flexibility index (Phi) is 6.59. The summed E-state index contributed by atoms with van der Waals surface area (Å²) < 4.78 is 12.9. The molecule has 3 aromatic rings. The third kappa shape index (κ3) is 5.63. The predicted molar refractivity (Wildman–Crippen MR) is 112 cm³/mol. The fraction of sp³-hybridized carbons (Fsp3) is 0. The third-order valence-corrected chi connectivity index (χ3v) is 4.41. The van der Waals surface area contributed by atoms with E-state index in [-0.39, 0.29) is 5.91 Å². The van der Waals surface area contributed by atoms with Crippen molar-refractivity contribution in [3.8, 4) is 0 Å². The van der Waals surface area contributed by atoms with Crippen molar-refractivity contribution in [1.82, 2.24) is 5.43 Å². The Morgan fingerprint density at radius 3 is 2.14 bits per heavy atom. The number of hydrazone groups is 1. The van der Waals surface area contributed by atoms with E-state index in [1.165, 1.54) is 30.5 Å². The minimum Gasteiger partial charge on any atom is -0.322 e. The molecule has 0 radical (unpaired) electrons. The standard InChI is InChI=1S/C21H14Cl2FN3O2/c22-16-6-1-15(19(23)11-16)12-25-27-21(29)14-4-9-18(10-5-14)26-20(28)13-2-7-17(24)8-3-13/h1-12H,(H,26,28)(H,27,29). The van der Waals surface area contributed by atoms with Crippen LogP contribution in [0.3, 0.4) is 0 Å². The number of hydrogen-bond donors (Lipinski definition) is 2. The molecule has 2 amide bonds. The van der Waals surface area contributed by atoms with Crippen molar-refractivity contribution in [3.63, 3.8) is 0 Å². The van der Waals surface area contributed by atoms with E-state index in [2.05, 4.69) is 15.8 Å². The topological polar surface area (TPSA) is 70.6 Å². The fourth-order valence-electron chi connectivity index (χ4n) is 2.34. The highest BCUT2D eigenvalue weighted by atomic mass is 35.5. The molecule has 0 saturated carbocycles. The molecule has 3 aromatic carbocycles. The molecule has 8 heteroatoms. The summed E-state index contributed by atoms with van der Waals surface area (Å²) in [6.07, 6.45) is 1.41. The summed E-state index contributed by atoms with van der Waals surface area (Å²) in [6, 6.07) is 16.3.